The molecule has 0 fully saturated rings. The second-order valence-electron chi connectivity index (χ2n) is 4.14. The minimum Gasteiger partial charge on any atom is -0.267 e. The van der Waals surface area contributed by atoms with E-state index in [1.54, 1.807) is 12.1 Å². The first-order valence-corrected chi connectivity index (χ1v) is 6.76. The lowest BCUT2D eigenvalue weighted by Gasteiger charge is -2.01. The van der Waals surface area contributed by atoms with Gasteiger partial charge in [0.05, 0.1) is 26.7 Å². The first kappa shape index (κ1) is 15.9. The molecular weight excluding hydrogens is 329 g/mol. The van der Waals surface area contributed by atoms with Gasteiger partial charge in [-0.05, 0) is 24.3 Å². The highest BCUT2D eigenvalue weighted by molar-refractivity contribution is 6.42. The van der Waals surface area contributed by atoms with Crippen LogP contribution in [0.4, 0.5) is 5.69 Å². The van der Waals surface area contributed by atoms with E-state index in [-0.39, 0.29) is 21.8 Å². The molecule has 1 amide bonds. The number of hydrogen-bond donors (Lipinski definition) is 1. The van der Waals surface area contributed by atoms with Crippen LogP contribution in [0.5, 0.6) is 0 Å². The molecule has 2 aromatic rings. The Hall–Kier alpha value is -2.44. The second-order valence-corrected chi connectivity index (χ2v) is 4.96. The number of halogens is 2. The number of hydrogen-bond acceptors (Lipinski definition) is 4. The Morgan fingerprint density at radius 1 is 1.18 bits per heavy atom. The van der Waals surface area contributed by atoms with E-state index >= 15 is 0 Å². The predicted octanol–water partition coefficient (Wildman–Crippen LogP) is 3.67. The van der Waals surface area contributed by atoms with Crippen LogP contribution >= 0.6 is 23.2 Å². The van der Waals surface area contributed by atoms with Crippen molar-refractivity contribution in [1.82, 2.24) is 5.43 Å². The molecule has 0 aliphatic rings. The van der Waals surface area contributed by atoms with E-state index in [2.05, 4.69) is 10.5 Å². The van der Waals surface area contributed by atoms with Crippen molar-refractivity contribution in [3.8, 4) is 0 Å². The molecule has 0 saturated heterocycles. The molecule has 0 spiro atoms. The number of hydrazone groups is 1. The SMILES string of the molecule is O=C(N/N=C\c1ccccc1[N+](=O)[O-])c1ccc(Cl)c(Cl)c1. The third kappa shape index (κ3) is 3.81. The summed E-state index contributed by atoms with van der Waals surface area (Å²) < 4.78 is 0. The average molecular weight is 338 g/mol. The molecule has 112 valence electrons. The molecule has 0 aliphatic heterocycles. The van der Waals surface area contributed by atoms with Crippen LogP contribution < -0.4 is 5.43 Å². The normalized spacial score (nSPS) is 10.6. The number of carbonyl (C=O) groups is 1. The summed E-state index contributed by atoms with van der Waals surface area (Å²) in [7, 11) is 0. The second kappa shape index (κ2) is 7.02. The third-order valence-corrected chi connectivity index (χ3v) is 3.42. The zero-order valence-electron chi connectivity index (χ0n) is 11.0. The fourth-order valence-electron chi connectivity index (χ4n) is 1.63. The molecule has 2 aromatic carbocycles. The van der Waals surface area contributed by atoms with Crippen LogP contribution in [0.15, 0.2) is 47.6 Å². The van der Waals surface area contributed by atoms with Gasteiger partial charge in [0.1, 0.15) is 0 Å². The number of nitro benzene ring substituents is 1. The van der Waals surface area contributed by atoms with Gasteiger partial charge in [0.25, 0.3) is 11.6 Å². The molecular formula is C14H9Cl2N3O3. The first-order chi connectivity index (χ1) is 10.5. The van der Waals surface area contributed by atoms with Crippen LogP contribution in [0.1, 0.15) is 15.9 Å². The third-order valence-electron chi connectivity index (χ3n) is 2.68. The molecule has 0 saturated carbocycles. The lowest BCUT2D eigenvalue weighted by atomic mass is 10.2. The number of amides is 1. The number of rotatable bonds is 4. The minimum atomic E-state index is -0.526. The summed E-state index contributed by atoms with van der Waals surface area (Å²) in [6.45, 7) is 0. The van der Waals surface area contributed by atoms with Gasteiger partial charge >= 0.3 is 0 Å². The number of nitrogens with one attached hydrogen (secondary N) is 1. The number of para-hydroxylation sites is 1. The number of carbonyl (C=O) groups excluding carboxylic acids is 1. The van der Waals surface area contributed by atoms with E-state index in [0.717, 1.165) is 0 Å². The standard InChI is InChI=1S/C14H9Cl2N3O3/c15-11-6-5-9(7-12(11)16)14(20)18-17-8-10-3-1-2-4-13(10)19(21)22/h1-8H,(H,18,20)/b17-8-. The molecule has 8 heteroatoms. The fourth-order valence-corrected chi connectivity index (χ4v) is 1.92. The molecule has 0 heterocycles. The number of benzene rings is 2. The summed E-state index contributed by atoms with van der Waals surface area (Å²) in [4.78, 5) is 22.2. The van der Waals surface area contributed by atoms with Crippen molar-refractivity contribution in [2.75, 3.05) is 0 Å². The maximum absolute atomic E-state index is 11.9. The van der Waals surface area contributed by atoms with Crippen LogP contribution in [0.3, 0.4) is 0 Å². The molecule has 0 aliphatic carbocycles. The van der Waals surface area contributed by atoms with Crippen LogP contribution in [-0.4, -0.2) is 17.0 Å². The van der Waals surface area contributed by atoms with Crippen LogP contribution in [0.25, 0.3) is 0 Å². The van der Waals surface area contributed by atoms with E-state index in [1.165, 1.54) is 36.5 Å². The summed E-state index contributed by atoms with van der Waals surface area (Å²) in [6.07, 6.45) is 1.20. The fraction of sp³-hybridized carbons (Fsp3) is 0. The zero-order chi connectivity index (χ0) is 16.1. The van der Waals surface area contributed by atoms with Gasteiger partial charge < -0.3 is 0 Å². The van der Waals surface area contributed by atoms with E-state index in [4.69, 9.17) is 23.2 Å². The lowest BCUT2D eigenvalue weighted by molar-refractivity contribution is -0.385. The summed E-state index contributed by atoms with van der Waals surface area (Å²) in [5.41, 5.74) is 2.72. The number of nitro groups is 1. The molecule has 0 radical (unpaired) electrons. The Labute approximate surface area is 135 Å². The molecule has 6 nitrogen and oxygen atoms in total. The van der Waals surface area contributed by atoms with Crippen molar-refractivity contribution in [3.05, 3.63) is 73.8 Å². The van der Waals surface area contributed by atoms with Gasteiger partial charge in [0.2, 0.25) is 0 Å². The highest BCUT2D eigenvalue weighted by atomic mass is 35.5. The van der Waals surface area contributed by atoms with Crippen molar-refractivity contribution < 1.29 is 9.72 Å². The molecule has 0 bridgehead atoms. The van der Waals surface area contributed by atoms with E-state index in [9.17, 15) is 14.9 Å². The zero-order valence-corrected chi connectivity index (χ0v) is 12.5. The molecule has 0 atom stereocenters. The average Bonchev–Trinajstić information content (AvgIpc) is 2.50. The van der Waals surface area contributed by atoms with Crippen molar-refractivity contribution in [2.45, 2.75) is 0 Å². The topological polar surface area (TPSA) is 84.6 Å². The molecule has 0 unspecified atom stereocenters. The van der Waals surface area contributed by atoms with Gasteiger partial charge in [-0.3, -0.25) is 14.9 Å². The van der Waals surface area contributed by atoms with Gasteiger partial charge in [0, 0.05) is 11.6 Å². The maximum Gasteiger partial charge on any atom is 0.278 e. The molecule has 0 aromatic heterocycles. The number of nitrogens with zero attached hydrogens (tertiary/aromatic N) is 2. The summed E-state index contributed by atoms with van der Waals surface area (Å²) >= 11 is 11.6. The van der Waals surface area contributed by atoms with Gasteiger partial charge in [0.15, 0.2) is 0 Å². The molecule has 22 heavy (non-hydrogen) atoms. The van der Waals surface area contributed by atoms with Gasteiger partial charge in [-0.15, -0.1) is 0 Å². The maximum atomic E-state index is 11.9. The monoisotopic (exact) mass is 337 g/mol. The molecule has 2 rings (SSSR count). The lowest BCUT2D eigenvalue weighted by Crippen LogP contribution is -2.17. The van der Waals surface area contributed by atoms with Crippen LogP contribution in [0, 0.1) is 10.1 Å². The van der Waals surface area contributed by atoms with Crippen molar-refractivity contribution in [2.24, 2.45) is 5.10 Å². The van der Waals surface area contributed by atoms with Crippen LogP contribution in [0.2, 0.25) is 10.0 Å². The van der Waals surface area contributed by atoms with Gasteiger partial charge in [-0.2, -0.15) is 5.10 Å². The van der Waals surface area contributed by atoms with Crippen molar-refractivity contribution in [3.63, 3.8) is 0 Å². The summed E-state index contributed by atoms with van der Waals surface area (Å²) in [5.74, 6) is -0.506. The van der Waals surface area contributed by atoms with Crippen LogP contribution in [-0.2, 0) is 0 Å². The Bertz CT molecular complexity index is 763. The summed E-state index contributed by atoms with van der Waals surface area (Å²) in [5, 5.41) is 15.1. The largest absolute Gasteiger partial charge is 0.278 e. The summed E-state index contributed by atoms with van der Waals surface area (Å²) in [6, 6.07) is 10.4. The van der Waals surface area contributed by atoms with Crippen molar-refractivity contribution in [1.29, 1.82) is 0 Å². The quantitative estimate of drug-likeness (QED) is 0.524. The Morgan fingerprint density at radius 3 is 2.59 bits per heavy atom. The Kier molecular flexibility index (Phi) is 5.08. The van der Waals surface area contributed by atoms with Gasteiger partial charge in [-0.1, -0.05) is 35.3 Å². The highest BCUT2D eigenvalue weighted by Gasteiger charge is 2.10. The Balaban J connectivity index is 2.11. The van der Waals surface area contributed by atoms with Crippen molar-refractivity contribution >= 4 is 41.0 Å². The highest BCUT2D eigenvalue weighted by Crippen LogP contribution is 2.22. The molecule has 1 N–H and O–H groups in total. The van der Waals surface area contributed by atoms with E-state index in [0.29, 0.717) is 5.02 Å². The Morgan fingerprint density at radius 2 is 1.91 bits per heavy atom. The van der Waals surface area contributed by atoms with Gasteiger partial charge in [-0.25, -0.2) is 5.43 Å². The first-order valence-electron chi connectivity index (χ1n) is 6.01. The predicted molar refractivity (Wildman–Crippen MR) is 84.6 cm³/mol. The smallest absolute Gasteiger partial charge is 0.267 e. The minimum absolute atomic E-state index is 0.102. The van der Waals surface area contributed by atoms with E-state index in [1.807, 2.05) is 0 Å². The van der Waals surface area contributed by atoms with E-state index < -0.39 is 10.8 Å².